The predicted octanol–water partition coefficient (Wildman–Crippen LogP) is 0.504. The molecule has 0 bridgehead atoms. The van der Waals surface area contributed by atoms with Gasteiger partial charge in [-0.25, -0.2) is 0 Å². The highest BCUT2D eigenvalue weighted by Crippen LogP contribution is 2.18. The molecule has 4 heteroatoms. The van der Waals surface area contributed by atoms with Crippen molar-refractivity contribution in [2.24, 2.45) is 0 Å². The molecule has 3 nitrogen and oxygen atoms in total. The third-order valence-corrected chi connectivity index (χ3v) is 1.78. The Kier molecular flexibility index (Phi) is 3.10. The Morgan fingerprint density at radius 1 is 1.80 bits per heavy atom. The van der Waals surface area contributed by atoms with E-state index in [1.54, 1.807) is 0 Å². The van der Waals surface area contributed by atoms with Gasteiger partial charge < -0.3 is 14.6 Å². The van der Waals surface area contributed by atoms with Crippen LogP contribution in [0, 0.1) is 0 Å². The van der Waals surface area contributed by atoms with Crippen molar-refractivity contribution in [3.8, 4) is 0 Å². The molecule has 10 heavy (non-hydrogen) atoms. The fourth-order valence-corrected chi connectivity index (χ4v) is 1.08. The number of halogens is 1. The highest BCUT2D eigenvalue weighted by molar-refractivity contribution is 9.09. The lowest BCUT2D eigenvalue weighted by Gasteiger charge is -2.11. The van der Waals surface area contributed by atoms with Gasteiger partial charge in [-0.3, -0.25) is 0 Å². The van der Waals surface area contributed by atoms with Crippen LogP contribution in [0.5, 0.6) is 0 Å². The molecule has 60 valence electrons. The lowest BCUT2D eigenvalue weighted by molar-refractivity contribution is -0.0608. The van der Waals surface area contributed by atoms with Gasteiger partial charge in [0.05, 0.1) is 18.0 Å². The SMILES string of the molecule is CC(Br)[C@H]1OC[C@@H](CO)O1. The first kappa shape index (κ1) is 8.46. The van der Waals surface area contributed by atoms with Crippen LogP contribution in [0.3, 0.4) is 0 Å². The van der Waals surface area contributed by atoms with Gasteiger partial charge in [0.25, 0.3) is 0 Å². The van der Waals surface area contributed by atoms with Gasteiger partial charge in [-0.2, -0.15) is 0 Å². The van der Waals surface area contributed by atoms with Crippen LogP contribution in [0.25, 0.3) is 0 Å². The number of alkyl halides is 1. The minimum Gasteiger partial charge on any atom is -0.394 e. The maximum atomic E-state index is 8.65. The minimum absolute atomic E-state index is 0.0379. The summed E-state index contributed by atoms with van der Waals surface area (Å²) in [4.78, 5) is 0.184. The van der Waals surface area contributed by atoms with Gasteiger partial charge in [0, 0.05) is 0 Å². The summed E-state index contributed by atoms with van der Waals surface area (Å²) in [7, 11) is 0. The van der Waals surface area contributed by atoms with E-state index in [1.807, 2.05) is 6.92 Å². The molecule has 1 N–H and O–H groups in total. The number of aliphatic hydroxyl groups excluding tert-OH is 1. The maximum absolute atomic E-state index is 8.65. The summed E-state index contributed by atoms with van der Waals surface area (Å²) in [6, 6.07) is 0. The molecular formula is C6H11BrO3. The average molecular weight is 211 g/mol. The van der Waals surface area contributed by atoms with Gasteiger partial charge in [0.2, 0.25) is 0 Å². The third-order valence-electron chi connectivity index (χ3n) is 1.35. The molecular weight excluding hydrogens is 200 g/mol. The number of hydrogen-bond donors (Lipinski definition) is 1. The minimum atomic E-state index is -0.197. The smallest absolute Gasteiger partial charge is 0.170 e. The van der Waals surface area contributed by atoms with Crippen LogP contribution in [0.2, 0.25) is 0 Å². The van der Waals surface area contributed by atoms with Crippen LogP contribution >= 0.6 is 15.9 Å². The van der Waals surface area contributed by atoms with E-state index >= 15 is 0 Å². The lowest BCUT2D eigenvalue weighted by atomic mass is 10.4. The monoisotopic (exact) mass is 210 g/mol. The molecule has 1 heterocycles. The molecule has 0 aliphatic carbocycles. The molecule has 1 aliphatic rings. The van der Waals surface area contributed by atoms with Crippen LogP contribution < -0.4 is 0 Å². The number of rotatable bonds is 2. The second-order valence-electron chi connectivity index (χ2n) is 2.32. The van der Waals surface area contributed by atoms with Gasteiger partial charge in [-0.15, -0.1) is 0 Å². The van der Waals surface area contributed by atoms with Crippen molar-refractivity contribution in [1.82, 2.24) is 0 Å². The quantitative estimate of drug-likeness (QED) is 0.676. The Morgan fingerprint density at radius 2 is 2.50 bits per heavy atom. The first-order valence-electron chi connectivity index (χ1n) is 3.26. The first-order chi connectivity index (χ1) is 4.74. The normalized spacial score (nSPS) is 36.3. The molecule has 0 aromatic carbocycles. The van der Waals surface area contributed by atoms with E-state index in [4.69, 9.17) is 14.6 Å². The standard InChI is InChI=1S/C6H11BrO3/c1-4(7)6-9-3-5(2-8)10-6/h4-6,8H,2-3H2,1H3/t4?,5-,6+/m1/s1. The first-order valence-corrected chi connectivity index (χ1v) is 4.17. The van der Waals surface area contributed by atoms with E-state index in [1.165, 1.54) is 0 Å². The highest BCUT2D eigenvalue weighted by atomic mass is 79.9. The summed E-state index contributed by atoms with van der Waals surface area (Å²) in [5, 5.41) is 8.65. The van der Waals surface area contributed by atoms with Gasteiger partial charge >= 0.3 is 0 Å². The Bertz CT molecular complexity index is 107. The van der Waals surface area contributed by atoms with Crippen LogP contribution in [0.1, 0.15) is 6.92 Å². The topological polar surface area (TPSA) is 38.7 Å². The lowest BCUT2D eigenvalue weighted by Crippen LogP contribution is -2.21. The van der Waals surface area contributed by atoms with Crippen molar-refractivity contribution < 1.29 is 14.6 Å². The molecule has 1 rings (SSSR count). The van der Waals surface area contributed by atoms with E-state index < -0.39 is 0 Å². The molecule has 1 aliphatic heterocycles. The second-order valence-corrected chi connectivity index (χ2v) is 3.76. The molecule has 1 saturated heterocycles. The molecule has 0 amide bonds. The molecule has 1 unspecified atom stereocenters. The molecule has 0 spiro atoms. The molecule has 0 aromatic rings. The average Bonchev–Trinajstić information content (AvgIpc) is 2.34. The van der Waals surface area contributed by atoms with Crippen molar-refractivity contribution >= 4 is 15.9 Å². The van der Waals surface area contributed by atoms with E-state index in [2.05, 4.69) is 15.9 Å². The third kappa shape index (κ3) is 1.92. The second kappa shape index (κ2) is 3.67. The fraction of sp³-hybridized carbons (Fsp3) is 1.00. The number of ether oxygens (including phenoxy) is 2. The molecule has 3 atom stereocenters. The van der Waals surface area contributed by atoms with E-state index in [-0.39, 0.29) is 23.8 Å². The van der Waals surface area contributed by atoms with E-state index in [0.29, 0.717) is 6.61 Å². The van der Waals surface area contributed by atoms with Crippen molar-refractivity contribution in [3.63, 3.8) is 0 Å². The molecule has 0 radical (unpaired) electrons. The fourth-order valence-electron chi connectivity index (χ4n) is 0.807. The molecule has 0 aromatic heterocycles. The zero-order valence-corrected chi connectivity index (χ0v) is 7.37. The van der Waals surface area contributed by atoms with Crippen LogP contribution in [-0.4, -0.2) is 35.5 Å². The summed E-state index contributed by atoms with van der Waals surface area (Å²) in [6.07, 6.45) is -0.331. The summed E-state index contributed by atoms with van der Waals surface area (Å²) in [6.45, 7) is 2.48. The van der Waals surface area contributed by atoms with Gasteiger partial charge in [0.15, 0.2) is 6.29 Å². The van der Waals surface area contributed by atoms with Crippen molar-refractivity contribution in [1.29, 1.82) is 0 Å². The summed E-state index contributed by atoms with van der Waals surface area (Å²) >= 11 is 3.33. The van der Waals surface area contributed by atoms with Gasteiger partial charge in [-0.05, 0) is 6.92 Å². The zero-order valence-electron chi connectivity index (χ0n) is 5.79. The largest absolute Gasteiger partial charge is 0.394 e. The highest BCUT2D eigenvalue weighted by Gasteiger charge is 2.28. The van der Waals surface area contributed by atoms with Gasteiger partial charge in [-0.1, -0.05) is 15.9 Å². The van der Waals surface area contributed by atoms with Crippen LogP contribution in [0.15, 0.2) is 0 Å². The zero-order chi connectivity index (χ0) is 7.56. The van der Waals surface area contributed by atoms with E-state index in [9.17, 15) is 0 Å². The summed E-state index contributed by atoms with van der Waals surface area (Å²) in [5.41, 5.74) is 0. The predicted molar refractivity (Wildman–Crippen MR) is 40.1 cm³/mol. The Hall–Kier alpha value is 0.360. The summed E-state index contributed by atoms with van der Waals surface area (Å²) in [5.74, 6) is 0. The number of hydrogen-bond acceptors (Lipinski definition) is 3. The van der Waals surface area contributed by atoms with Crippen molar-refractivity contribution in [3.05, 3.63) is 0 Å². The maximum Gasteiger partial charge on any atom is 0.170 e. The Balaban J connectivity index is 2.28. The van der Waals surface area contributed by atoms with E-state index in [0.717, 1.165) is 0 Å². The molecule has 1 fully saturated rings. The van der Waals surface area contributed by atoms with Crippen molar-refractivity contribution in [2.75, 3.05) is 13.2 Å². The Morgan fingerprint density at radius 3 is 2.80 bits per heavy atom. The summed E-state index contributed by atoms with van der Waals surface area (Å²) < 4.78 is 10.4. The molecule has 0 saturated carbocycles. The number of aliphatic hydroxyl groups is 1. The Labute approximate surface area is 68.4 Å². The van der Waals surface area contributed by atoms with Crippen LogP contribution in [-0.2, 0) is 9.47 Å². The van der Waals surface area contributed by atoms with Crippen LogP contribution in [0.4, 0.5) is 0 Å². The van der Waals surface area contributed by atoms with Crippen molar-refractivity contribution in [2.45, 2.75) is 24.1 Å². The van der Waals surface area contributed by atoms with Gasteiger partial charge in [0.1, 0.15) is 6.10 Å².